The number of nitrogens with one attached hydrogen (secondary N) is 1. The van der Waals surface area contributed by atoms with Gasteiger partial charge in [0.1, 0.15) is 0 Å². The number of carboxylic acids is 1. The Bertz CT molecular complexity index is 1340. The maximum Gasteiger partial charge on any atom is 0.303 e. The van der Waals surface area contributed by atoms with E-state index < -0.39 is 15.8 Å². The lowest BCUT2D eigenvalue weighted by Gasteiger charge is -2.72. The molecule has 0 radical (unpaired) electrons. The molecule has 5 fully saturated rings. The van der Waals surface area contributed by atoms with E-state index in [9.17, 15) is 18.3 Å². The molecular formula is C39H64N2O4S. The van der Waals surface area contributed by atoms with Crippen molar-refractivity contribution in [2.45, 2.75) is 124 Å². The number of sulfone groups is 1. The Morgan fingerprint density at radius 3 is 2.37 bits per heavy atom. The van der Waals surface area contributed by atoms with E-state index in [1.165, 1.54) is 62.5 Å². The van der Waals surface area contributed by atoms with Crippen LogP contribution in [-0.4, -0.2) is 67.6 Å². The van der Waals surface area contributed by atoms with Crippen LogP contribution in [0.15, 0.2) is 23.8 Å². The highest BCUT2D eigenvalue weighted by Gasteiger charge is 2.70. The molecule has 6 rings (SSSR count). The van der Waals surface area contributed by atoms with Crippen LogP contribution in [0.2, 0.25) is 0 Å². The van der Waals surface area contributed by atoms with Gasteiger partial charge in [0, 0.05) is 38.1 Å². The van der Waals surface area contributed by atoms with E-state index in [0.717, 1.165) is 32.4 Å². The molecule has 46 heavy (non-hydrogen) atoms. The molecule has 9 atom stereocenters. The molecule has 9 unspecified atom stereocenters. The molecule has 0 aromatic heterocycles. The van der Waals surface area contributed by atoms with Crippen molar-refractivity contribution in [3.8, 4) is 0 Å². The second-order valence-corrected chi connectivity index (χ2v) is 20.5. The summed E-state index contributed by atoms with van der Waals surface area (Å²) >= 11 is 0. The molecule has 0 spiro atoms. The number of carbonyl (C=O) groups is 1. The largest absolute Gasteiger partial charge is 0.481 e. The van der Waals surface area contributed by atoms with Crippen LogP contribution >= 0.6 is 0 Å². The van der Waals surface area contributed by atoms with Crippen LogP contribution in [0.25, 0.3) is 0 Å². The third-order valence-electron chi connectivity index (χ3n) is 16.0. The van der Waals surface area contributed by atoms with Crippen molar-refractivity contribution >= 4 is 15.8 Å². The number of hydrogen-bond donors (Lipinski definition) is 2. The van der Waals surface area contributed by atoms with Gasteiger partial charge in [-0.1, -0.05) is 58.4 Å². The van der Waals surface area contributed by atoms with E-state index in [4.69, 9.17) is 0 Å². The molecule has 1 saturated heterocycles. The van der Waals surface area contributed by atoms with Crippen molar-refractivity contribution in [2.75, 3.05) is 37.7 Å². The zero-order chi connectivity index (χ0) is 33.3. The molecule has 0 amide bonds. The van der Waals surface area contributed by atoms with Gasteiger partial charge < -0.3 is 15.3 Å². The Hall–Kier alpha value is -1.18. The first-order chi connectivity index (χ1) is 21.5. The van der Waals surface area contributed by atoms with Crippen molar-refractivity contribution in [2.24, 2.45) is 51.2 Å². The zero-order valence-corrected chi connectivity index (χ0v) is 30.7. The summed E-state index contributed by atoms with van der Waals surface area (Å²) in [5.74, 6) is 3.17. The van der Waals surface area contributed by atoms with Crippen LogP contribution in [0.5, 0.6) is 0 Å². The lowest BCUT2D eigenvalue weighted by Crippen LogP contribution is -2.68. The van der Waals surface area contributed by atoms with Gasteiger partial charge in [0.25, 0.3) is 0 Å². The maximum atomic E-state index is 12.0. The SMILES string of the molecule is C=C(C)C1CCC2(NCCN3CCS(=O)(=O)CC3)CCC3(C)C(CCC4C5(C)CC=C(CCCC(=O)O)C(C)(C)C5CCC43C)C12. The summed E-state index contributed by atoms with van der Waals surface area (Å²) in [6, 6.07) is 0. The molecule has 2 N–H and O–H groups in total. The van der Waals surface area contributed by atoms with Gasteiger partial charge >= 0.3 is 5.97 Å². The predicted octanol–water partition coefficient (Wildman–Crippen LogP) is 7.51. The summed E-state index contributed by atoms with van der Waals surface area (Å²) in [6.45, 7) is 23.1. The molecule has 4 saturated carbocycles. The Labute approximate surface area is 280 Å². The van der Waals surface area contributed by atoms with Crippen LogP contribution in [0.4, 0.5) is 0 Å². The fourth-order valence-electron chi connectivity index (χ4n) is 13.4. The molecule has 1 aliphatic heterocycles. The second kappa shape index (κ2) is 12.0. The van der Waals surface area contributed by atoms with E-state index in [0.29, 0.717) is 65.0 Å². The van der Waals surface area contributed by atoms with Crippen LogP contribution in [0, 0.1) is 51.2 Å². The van der Waals surface area contributed by atoms with Gasteiger partial charge in [-0.25, -0.2) is 8.42 Å². The molecule has 6 nitrogen and oxygen atoms in total. The van der Waals surface area contributed by atoms with Crippen molar-refractivity contribution in [3.05, 3.63) is 23.8 Å². The van der Waals surface area contributed by atoms with Crippen LogP contribution < -0.4 is 5.32 Å². The topological polar surface area (TPSA) is 86.7 Å². The summed E-state index contributed by atoms with van der Waals surface area (Å²) in [6.07, 6.45) is 15.9. The minimum absolute atomic E-state index is 0.116. The number of nitrogens with zero attached hydrogens (tertiary/aromatic N) is 1. The Balaban J connectivity index is 1.23. The van der Waals surface area contributed by atoms with Crippen molar-refractivity contribution in [3.63, 3.8) is 0 Å². The summed E-state index contributed by atoms with van der Waals surface area (Å²) in [4.78, 5) is 13.6. The number of allylic oxidation sites excluding steroid dienone is 3. The minimum Gasteiger partial charge on any atom is -0.481 e. The molecule has 0 bridgehead atoms. The Morgan fingerprint density at radius 2 is 1.70 bits per heavy atom. The van der Waals surface area contributed by atoms with Crippen LogP contribution in [-0.2, 0) is 14.6 Å². The number of fused-ring (bicyclic) bond motifs is 7. The molecule has 1 heterocycles. The average molecular weight is 657 g/mol. The smallest absolute Gasteiger partial charge is 0.303 e. The van der Waals surface area contributed by atoms with Gasteiger partial charge in [0.05, 0.1) is 11.5 Å². The highest BCUT2D eigenvalue weighted by Crippen LogP contribution is 2.76. The third-order valence-corrected chi connectivity index (χ3v) is 17.6. The van der Waals surface area contributed by atoms with E-state index in [1.807, 2.05) is 0 Å². The molecule has 0 aromatic rings. The van der Waals surface area contributed by atoms with Gasteiger partial charge in [-0.3, -0.25) is 4.79 Å². The van der Waals surface area contributed by atoms with Crippen molar-refractivity contribution < 1.29 is 18.3 Å². The number of aliphatic carboxylic acids is 1. The highest BCUT2D eigenvalue weighted by molar-refractivity contribution is 7.91. The summed E-state index contributed by atoms with van der Waals surface area (Å²) in [5.41, 5.74) is 4.05. The quantitative estimate of drug-likeness (QED) is 0.250. The number of rotatable bonds is 9. The molecule has 0 aromatic carbocycles. The number of hydrogen-bond acceptors (Lipinski definition) is 5. The third kappa shape index (κ3) is 5.49. The highest BCUT2D eigenvalue weighted by atomic mass is 32.2. The first-order valence-corrected chi connectivity index (χ1v) is 20.6. The zero-order valence-electron chi connectivity index (χ0n) is 29.9. The van der Waals surface area contributed by atoms with Gasteiger partial charge in [-0.05, 0) is 129 Å². The van der Waals surface area contributed by atoms with Gasteiger partial charge in [-0.2, -0.15) is 0 Å². The van der Waals surface area contributed by atoms with Crippen LogP contribution in [0.3, 0.4) is 0 Å². The molecule has 260 valence electrons. The van der Waals surface area contributed by atoms with E-state index >= 15 is 0 Å². The number of carboxylic acid groups (broad SMARTS) is 1. The fraction of sp³-hybridized carbons (Fsp3) is 0.872. The monoisotopic (exact) mass is 656 g/mol. The van der Waals surface area contributed by atoms with E-state index in [2.05, 4.69) is 64.4 Å². The summed E-state index contributed by atoms with van der Waals surface area (Å²) in [5, 5.41) is 13.5. The molecule has 5 aliphatic carbocycles. The lowest BCUT2D eigenvalue weighted by atomic mass is 9.33. The minimum atomic E-state index is -2.85. The van der Waals surface area contributed by atoms with E-state index in [-0.39, 0.29) is 22.8 Å². The summed E-state index contributed by atoms with van der Waals surface area (Å²) < 4.78 is 24.0. The lowest BCUT2D eigenvalue weighted by molar-refractivity contribution is -0.221. The predicted molar refractivity (Wildman–Crippen MR) is 187 cm³/mol. The van der Waals surface area contributed by atoms with Gasteiger partial charge in [-0.15, -0.1) is 0 Å². The Kier molecular flexibility index (Phi) is 9.05. The van der Waals surface area contributed by atoms with E-state index in [1.54, 1.807) is 0 Å². The Morgan fingerprint density at radius 1 is 0.978 bits per heavy atom. The average Bonchev–Trinajstić information content (AvgIpc) is 3.35. The summed E-state index contributed by atoms with van der Waals surface area (Å²) in [7, 11) is -2.85. The second-order valence-electron chi connectivity index (χ2n) is 18.2. The fourth-order valence-corrected chi connectivity index (χ4v) is 14.7. The van der Waals surface area contributed by atoms with Gasteiger partial charge in [0.15, 0.2) is 9.84 Å². The van der Waals surface area contributed by atoms with Crippen LogP contribution in [0.1, 0.15) is 119 Å². The normalized spacial score (nSPS) is 44.7. The first-order valence-electron chi connectivity index (χ1n) is 18.7. The van der Waals surface area contributed by atoms with Crippen molar-refractivity contribution in [1.82, 2.24) is 10.2 Å². The van der Waals surface area contributed by atoms with Crippen molar-refractivity contribution in [1.29, 1.82) is 0 Å². The first kappa shape index (κ1) is 34.7. The maximum absolute atomic E-state index is 12.0. The standard InChI is InChI=1S/C39H64N2O4S/c1-27(2)29-14-18-39(40-21-22-41-23-25-46(44,45)26-24-41)20-19-37(6)30(34(29)39)11-12-32-36(5)16-13-28(9-8-10-33(42)43)35(3,4)31(36)15-17-38(32,37)7/h13,29-32,34,40H,1,8-12,14-26H2,2-7H3,(H,42,43). The van der Waals surface area contributed by atoms with Gasteiger partial charge in [0.2, 0.25) is 0 Å². The molecule has 6 aliphatic rings. The molecule has 7 heteroatoms. The molecular weight excluding hydrogens is 593 g/mol.